The second-order valence-corrected chi connectivity index (χ2v) is 6.71. The Hall–Kier alpha value is -1.86. The molecule has 6 nitrogen and oxygen atoms in total. The maximum Gasteiger partial charge on any atom is 0.244 e. The van der Waals surface area contributed by atoms with Gasteiger partial charge in [0.2, 0.25) is 10.0 Å². The Morgan fingerprint density at radius 3 is 2.45 bits per heavy atom. The van der Waals surface area contributed by atoms with Crippen molar-refractivity contribution in [3.8, 4) is 5.75 Å². The van der Waals surface area contributed by atoms with Crippen molar-refractivity contribution in [3.63, 3.8) is 0 Å². The predicted molar refractivity (Wildman–Crippen MR) is 84.4 cm³/mol. The van der Waals surface area contributed by atoms with Crippen LogP contribution in [0.15, 0.2) is 35.4 Å². The number of aryl methyl sites for hydroxylation is 1. The van der Waals surface area contributed by atoms with Crippen molar-refractivity contribution >= 4 is 10.0 Å². The molecule has 0 amide bonds. The Morgan fingerprint density at radius 2 is 1.95 bits per heavy atom. The number of rotatable bonds is 6. The first-order valence-corrected chi connectivity index (χ1v) is 8.56. The Labute approximate surface area is 131 Å². The third kappa shape index (κ3) is 3.31. The van der Waals surface area contributed by atoms with Gasteiger partial charge in [-0.25, -0.2) is 13.1 Å². The molecule has 0 fully saturated rings. The second kappa shape index (κ2) is 6.50. The molecular weight excluding hydrogens is 302 g/mol. The van der Waals surface area contributed by atoms with Crippen molar-refractivity contribution in [2.45, 2.75) is 38.3 Å². The van der Waals surface area contributed by atoms with Crippen molar-refractivity contribution < 1.29 is 13.2 Å². The standard InChI is InChI=1S/C15H21N3O3S/c1-5-18-12(3)15(10-16-18)22(19,20)17-11(2)13-6-8-14(21-4)9-7-13/h6-11,17H,5H2,1-4H3. The molecule has 1 N–H and O–H groups in total. The molecule has 0 bridgehead atoms. The predicted octanol–water partition coefficient (Wildman–Crippen LogP) is 2.26. The average molecular weight is 323 g/mol. The summed E-state index contributed by atoms with van der Waals surface area (Å²) >= 11 is 0. The van der Waals surface area contributed by atoms with Gasteiger partial charge in [0, 0.05) is 12.6 Å². The fourth-order valence-corrected chi connectivity index (χ4v) is 3.68. The van der Waals surface area contributed by atoms with E-state index in [0.717, 1.165) is 11.3 Å². The summed E-state index contributed by atoms with van der Waals surface area (Å²) in [7, 11) is -2.02. The van der Waals surface area contributed by atoms with Gasteiger partial charge in [-0.05, 0) is 38.5 Å². The van der Waals surface area contributed by atoms with E-state index in [1.54, 1.807) is 37.8 Å². The van der Waals surface area contributed by atoms with Crippen LogP contribution in [0.1, 0.15) is 31.1 Å². The molecule has 7 heteroatoms. The summed E-state index contributed by atoms with van der Waals surface area (Å²) in [6.45, 7) is 6.11. The Bertz CT molecular complexity index is 736. The monoisotopic (exact) mass is 323 g/mol. The van der Waals surface area contributed by atoms with Crippen molar-refractivity contribution in [1.29, 1.82) is 0 Å². The molecule has 22 heavy (non-hydrogen) atoms. The minimum Gasteiger partial charge on any atom is -0.497 e. The quantitative estimate of drug-likeness (QED) is 0.885. The van der Waals surface area contributed by atoms with E-state index in [1.165, 1.54) is 6.20 Å². The molecule has 0 saturated heterocycles. The molecule has 1 atom stereocenters. The highest BCUT2D eigenvalue weighted by molar-refractivity contribution is 7.89. The summed E-state index contributed by atoms with van der Waals surface area (Å²) in [5.74, 6) is 0.735. The van der Waals surface area contributed by atoms with Gasteiger partial charge in [-0.2, -0.15) is 5.10 Å². The molecule has 0 saturated carbocycles. The van der Waals surface area contributed by atoms with Crippen molar-refractivity contribution in [2.24, 2.45) is 0 Å². The minimum absolute atomic E-state index is 0.217. The molecule has 1 unspecified atom stereocenters. The third-order valence-corrected chi connectivity index (χ3v) is 5.24. The number of nitrogens with one attached hydrogen (secondary N) is 1. The lowest BCUT2D eigenvalue weighted by molar-refractivity contribution is 0.414. The van der Waals surface area contributed by atoms with E-state index in [2.05, 4.69) is 9.82 Å². The summed E-state index contributed by atoms with van der Waals surface area (Å²) in [4.78, 5) is 0.217. The zero-order chi connectivity index (χ0) is 16.3. The van der Waals surface area contributed by atoms with Gasteiger partial charge in [-0.3, -0.25) is 4.68 Å². The molecule has 120 valence electrons. The van der Waals surface area contributed by atoms with Gasteiger partial charge in [0.1, 0.15) is 10.6 Å². The largest absolute Gasteiger partial charge is 0.497 e. The van der Waals surface area contributed by atoms with Crippen LogP contribution in [-0.4, -0.2) is 25.3 Å². The number of nitrogens with zero attached hydrogens (tertiary/aromatic N) is 2. The SMILES string of the molecule is CCn1ncc(S(=O)(=O)NC(C)c2ccc(OC)cc2)c1C. The second-order valence-electron chi connectivity index (χ2n) is 5.03. The summed E-state index contributed by atoms with van der Waals surface area (Å²) in [6, 6.07) is 6.95. The number of benzene rings is 1. The molecule has 0 spiro atoms. The molecule has 0 aliphatic carbocycles. The number of methoxy groups -OCH3 is 1. The minimum atomic E-state index is -3.61. The van der Waals surface area contributed by atoms with E-state index >= 15 is 0 Å². The molecular formula is C15H21N3O3S. The highest BCUT2D eigenvalue weighted by Crippen LogP contribution is 2.21. The molecule has 0 aliphatic rings. The highest BCUT2D eigenvalue weighted by Gasteiger charge is 2.23. The fourth-order valence-electron chi connectivity index (χ4n) is 2.27. The first-order valence-electron chi connectivity index (χ1n) is 7.07. The third-order valence-electron chi connectivity index (χ3n) is 3.59. The van der Waals surface area contributed by atoms with Gasteiger partial charge < -0.3 is 4.74 Å². The first-order chi connectivity index (χ1) is 10.4. The van der Waals surface area contributed by atoms with Gasteiger partial charge in [0.05, 0.1) is 19.0 Å². The topological polar surface area (TPSA) is 73.2 Å². The van der Waals surface area contributed by atoms with Gasteiger partial charge in [0.15, 0.2) is 0 Å². The summed E-state index contributed by atoms with van der Waals surface area (Å²) in [6.07, 6.45) is 1.39. The van der Waals surface area contributed by atoms with Crippen LogP contribution < -0.4 is 9.46 Å². The van der Waals surface area contributed by atoms with Crippen LogP contribution in [0.4, 0.5) is 0 Å². The van der Waals surface area contributed by atoms with Crippen LogP contribution in [0, 0.1) is 6.92 Å². The van der Waals surface area contributed by atoms with E-state index in [4.69, 9.17) is 4.74 Å². The van der Waals surface area contributed by atoms with E-state index in [-0.39, 0.29) is 10.9 Å². The number of aromatic nitrogens is 2. The van der Waals surface area contributed by atoms with Crippen LogP contribution >= 0.6 is 0 Å². The molecule has 2 aromatic rings. The van der Waals surface area contributed by atoms with Crippen LogP contribution in [0.3, 0.4) is 0 Å². The fraction of sp³-hybridized carbons (Fsp3) is 0.400. The van der Waals surface area contributed by atoms with Gasteiger partial charge in [-0.1, -0.05) is 12.1 Å². The maximum absolute atomic E-state index is 12.5. The van der Waals surface area contributed by atoms with Crippen LogP contribution in [-0.2, 0) is 16.6 Å². The lowest BCUT2D eigenvalue weighted by Gasteiger charge is -2.15. The average Bonchev–Trinajstić information content (AvgIpc) is 2.88. The van der Waals surface area contributed by atoms with Gasteiger partial charge >= 0.3 is 0 Å². The number of sulfonamides is 1. The summed E-state index contributed by atoms with van der Waals surface area (Å²) in [5.41, 5.74) is 1.50. The van der Waals surface area contributed by atoms with Crippen LogP contribution in [0.5, 0.6) is 5.75 Å². The molecule has 1 aromatic heterocycles. The Morgan fingerprint density at radius 1 is 1.32 bits per heavy atom. The van der Waals surface area contributed by atoms with E-state index < -0.39 is 10.0 Å². The molecule has 1 heterocycles. The first kappa shape index (κ1) is 16.5. The van der Waals surface area contributed by atoms with Gasteiger partial charge in [0.25, 0.3) is 0 Å². The molecule has 0 aliphatic heterocycles. The maximum atomic E-state index is 12.5. The lowest BCUT2D eigenvalue weighted by atomic mass is 10.1. The van der Waals surface area contributed by atoms with E-state index in [0.29, 0.717) is 12.2 Å². The zero-order valence-electron chi connectivity index (χ0n) is 13.2. The smallest absolute Gasteiger partial charge is 0.244 e. The van der Waals surface area contributed by atoms with Crippen LogP contribution in [0.2, 0.25) is 0 Å². The van der Waals surface area contributed by atoms with E-state index in [1.807, 2.05) is 19.1 Å². The number of ether oxygens (including phenoxy) is 1. The Balaban J connectivity index is 2.21. The zero-order valence-corrected chi connectivity index (χ0v) is 14.0. The van der Waals surface area contributed by atoms with Crippen molar-refractivity contribution in [1.82, 2.24) is 14.5 Å². The van der Waals surface area contributed by atoms with Crippen LogP contribution in [0.25, 0.3) is 0 Å². The molecule has 0 radical (unpaired) electrons. The number of hydrogen-bond donors (Lipinski definition) is 1. The van der Waals surface area contributed by atoms with Gasteiger partial charge in [-0.15, -0.1) is 0 Å². The summed E-state index contributed by atoms with van der Waals surface area (Å²) < 4.78 is 34.4. The lowest BCUT2D eigenvalue weighted by Crippen LogP contribution is -2.27. The summed E-state index contributed by atoms with van der Waals surface area (Å²) in [5, 5.41) is 4.08. The number of hydrogen-bond acceptors (Lipinski definition) is 4. The highest BCUT2D eigenvalue weighted by atomic mass is 32.2. The molecule has 1 aromatic carbocycles. The normalized spacial score (nSPS) is 13.1. The van der Waals surface area contributed by atoms with E-state index in [9.17, 15) is 8.42 Å². The van der Waals surface area contributed by atoms with Crippen molar-refractivity contribution in [2.75, 3.05) is 7.11 Å². The molecule has 2 rings (SSSR count). The van der Waals surface area contributed by atoms with Crippen molar-refractivity contribution in [3.05, 3.63) is 41.7 Å². The Kier molecular flexibility index (Phi) is 4.87.